The second-order valence-electron chi connectivity index (χ2n) is 10.7. The Bertz CT molecular complexity index is 1030. The van der Waals surface area contributed by atoms with Gasteiger partial charge in [0.05, 0.1) is 23.5 Å². The minimum absolute atomic E-state index is 0.0580. The van der Waals surface area contributed by atoms with Crippen LogP contribution in [0.2, 0.25) is 5.02 Å². The summed E-state index contributed by atoms with van der Waals surface area (Å²) in [5, 5.41) is 3.44. The lowest BCUT2D eigenvalue weighted by Crippen LogP contribution is -2.66. The number of halogens is 1. The number of carbonyl (C=O) groups excluding carboxylic acids is 2. The van der Waals surface area contributed by atoms with Gasteiger partial charge in [-0.05, 0) is 30.5 Å². The second-order valence-corrected chi connectivity index (χ2v) is 11.1. The summed E-state index contributed by atoms with van der Waals surface area (Å²) in [7, 11) is 0. The minimum atomic E-state index is -0.549. The van der Waals surface area contributed by atoms with Gasteiger partial charge < -0.3 is 14.5 Å². The van der Waals surface area contributed by atoms with Crippen LogP contribution in [0, 0.1) is 5.92 Å². The lowest BCUT2D eigenvalue weighted by atomic mass is 9.74. The van der Waals surface area contributed by atoms with E-state index in [1.165, 1.54) is 19.0 Å². The van der Waals surface area contributed by atoms with Gasteiger partial charge in [0.1, 0.15) is 12.4 Å². The van der Waals surface area contributed by atoms with Crippen LogP contribution in [-0.4, -0.2) is 53.6 Å². The number of benzene rings is 1. The summed E-state index contributed by atoms with van der Waals surface area (Å²) >= 11 is 5.91. The molecule has 6 nitrogen and oxygen atoms in total. The SMILES string of the molecule is O=C(C[N+]12CCC(CC1)C(OC(=O)C1(c3ccccc3)CCCCCC1)C2)Nc1ccc(Cl)cn1. The van der Waals surface area contributed by atoms with Crippen LogP contribution in [0.15, 0.2) is 48.7 Å². The number of hydrogen-bond donors (Lipinski definition) is 1. The van der Waals surface area contributed by atoms with Crippen molar-refractivity contribution in [3.63, 3.8) is 0 Å². The summed E-state index contributed by atoms with van der Waals surface area (Å²) in [6, 6.07) is 13.7. The average molecular weight is 497 g/mol. The van der Waals surface area contributed by atoms with Gasteiger partial charge >= 0.3 is 5.97 Å². The predicted octanol–water partition coefficient (Wildman–Crippen LogP) is 5.12. The Morgan fingerprint density at radius 2 is 1.74 bits per heavy atom. The standard InChI is InChI=1S/C28H34ClN3O3/c29-23-10-11-25(30-18-23)31-26(33)20-32-16-12-21(13-17-32)24(19-32)35-27(34)28(14-6-1-2-7-15-28)22-8-4-3-5-9-22/h3-5,8-11,18,21,24H,1-2,6-7,12-17,19-20H2/p+1. The molecule has 4 fully saturated rings. The van der Waals surface area contributed by atoms with Crippen molar-refractivity contribution < 1.29 is 18.8 Å². The molecule has 1 aliphatic carbocycles. The van der Waals surface area contributed by atoms with Crippen LogP contribution in [0.4, 0.5) is 5.82 Å². The van der Waals surface area contributed by atoms with E-state index in [1.54, 1.807) is 12.1 Å². The molecule has 1 unspecified atom stereocenters. The van der Waals surface area contributed by atoms with Gasteiger partial charge in [-0.3, -0.25) is 9.59 Å². The van der Waals surface area contributed by atoms with E-state index in [0.717, 1.165) is 57.2 Å². The first-order valence-corrected chi connectivity index (χ1v) is 13.4. The van der Waals surface area contributed by atoms with Crippen molar-refractivity contribution in [2.75, 3.05) is 31.5 Å². The van der Waals surface area contributed by atoms with E-state index in [9.17, 15) is 9.59 Å². The van der Waals surface area contributed by atoms with Crippen LogP contribution >= 0.6 is 11.6 Å². The van der Waals surface area contributed by atoms with E-state index < -0.39 is 5.41 Å². The van der Waals surface area contributed by atoms with Crippen molar-refractivity contribution in [3.05, 3.63) is 59.2 Å². The van der Waals surface area contributed by atoms with Gasteiger partial charge in [-0.1, -0.05) is 67.6 Å². The van der Waals surface area contributed by atoms with Crippen molar-refractivity contribution in [1.29, 1.82) is 0 Å². The number of carbonyl (C=O) groups is 2. The summed E-state index contributed by atoms with van der Waals surface area (Å²) < 4.78 is 7.08. The first kappa shape index (κ1) is 24.3. The molecule has 1 aromatic heterocycles. The molecule has 4 heterocycles. The van der Waals surface area contributed by atoms with Gasteiger partial charge in [-0.25, -0.2) is 4.98 Å². The zero-order valence-corrected chi connectivity index (χ0v) is 21.0. The molecular weight excluding hydrogens is 462 g/mol. The monoisotopic (exact) mass is 496 g/mol. The number of piperidine rings is 3. The molecule has 35 heavy (non-hydrogen) atoms. The Hall–Kier alpha value is -2.44. The quantitative estimate of drug-likeness (QED) is 0.342. The maximum Gasteiger partial charge on any atom is 0.317 e. The molecule has 3 aliphatic heterocycles. The number of nitrogens with one attached hydrogen (secondary N) is 1. The number of aromatic nitrogens is 1. The first-order chi connectivity index (χ1) is 17.0. The van der Waals surface area contributed by atoms with Gasteiger partial charge in [-0.15, -0.1) is 0 Å². The van der Waals surface area contributed by atoms with E-state index in [4.69, 9.17) is 16.3 Å². The van der Waals surface area contributed by atoms with Gasteiger partial charge in [0.2, 0.25) is 0 Å². The van der Waals surface area contributed by atoms with Gasteiger partial charge in [-0.2, -0.15) is 0 Å². The fourth-order valence-electron chi connectivity index (χ4n) is 6.46. The lowest BCUT2D eigenvalue weighted by molar-refractivity contribution is -0.939. The highest BCUT2D eigenvalue weighted by atomic mass is 35.5. The molecule has 3 saturated heterocycles. The number of esters is 1. The van der Waals surface area contributed by atoms with E-state index >= 15 is 0 Å². The fraction of sp³-hybridized carbons (Fsp3) is 0.536. The molecule has 2 aromatic rings. The molecule has 7 heteroatoms. The van der Waals surface area contributed by atoms with Crippen molar-refractivity contribution >= 4 is 29.3 Å². The van der Waals surface area contributed by atoms with Gasteiger partial charge in [0.25, 0.3) is 5.91 Å². The first-order valence-electron chi connectivity index (χ1n) is 13.0. The molecular formula is C28H35ClN3O3+. The van der Waals surface area contributed by atoms with Crippen LogP contribution < -0.4 is 5.32 Å². The molecule has 1 saturated carbocycles. The summed E-state index contributed by atoms with van der Waals surface area (Å²) in [6.45, 7) is 2.98. The molecule has 0 spiro atoms. The highest BCUT2D eigenvalue weighted by molar-refractivity contribution is 6.30. The van der Waals surface area contributed by atoms with Crippen LogP contribution in [0.3, 0.4) is 0 Å². The number of quaternary nitrogens is 1. The number of anilines is 1. The third kappa shape index (κ3) is 5.24. The largest absolute Gasteiger partial charge is 0.455 e. The van der Waals surface area contributed by atoms with Crippen molar-refractivity contribution in [1.82, 2.24) is 4.98 Å². The van der Waals surface area contributed by atoms with Crippen molar-refractivity contribution in [2.24, 2.45) is 5.92 Å². The smallest absolute Gasteiger partial charge is 0.317 e. The normalized spacial score (nSPS) is 27.6. The number of hydrogen-bond acceptors (Lipinski definition) is 4. The maximum atomic E-state index is 13.9. The molecule has 4 aliphatic rings. The Morgan fingerprint density at radius 3 is 2.40 bits per heavy atom. The second kappa shape index (κ2) is 10.3. The molecule has 1 N–H and O–H groups in total. The van der Waals surface area contributed by atoms with Crippen LogP contribution in [0.25, 0.3) is 0 Å². The number of amides is 1. The average Bonchev–Trinajstić information content (AvgIpc) is 3.14. The molecule has 2 bridgehead atoms. The molecule has 6 rings (SSSR count). The predicted molar refractivity (Wildman–Crippen MR) is 136 cm³/mol. The van der Waals surface area contributed by atoms with Crippen molar-refractivity contribution in [2.45, 2.75) is 62.9 Å². The van der Waals surface area contributed by atoms with E-state index in [1.807, 2.05) is 18.2 Å². The van der Waals surface area contributed by atoms with Crippen molar-refractivity contribution in [3.8, 4) is 0 Å². The van der Waals surface area contributed by atoms with Crippen LogP contribution in [-0.2, 0) is 19.7 Å². The number of rotatable bonds is 6. The Kier molecular flexibility index (Phi) is 7.12. The Balaban J connectivity index is 1.29. The lowest BCUT2D eigenvalue weighted by Gasteiger charge is -2.52. The van der Waals surface area contributed by atoms with Crippen LogP contribution in [0.1, 0.15) is 56.9 Å². The zero-order valence-electron chi connectivity index (χ0n) is 20.3. The Labute approximate surface area is 212 Å². The summed E-state index contributed by atoms with van der Waals surface area (Å²) in [6.07, 6.45) is 9.53. The number of ether oxygens (including phenoxy) is 1. The summed E-state index contributed by atoms with van der Waals surface area (Å²) in [4.78, 5) is 31.0. The Morgan fingerprint density at radius 1 is 1.03 bits per heavy atom. The molecule has 1 amide bonds. The van der Waals surface area contributed by atoms with Crippen LogP contribution in [0.5, 0.6) is 0 Å². The highest BCUT2D eigenvalue weighted by Gasteiger charge is 2.51. The third-order valence-electron chi connectivity index (χ3n) is 8.45. The van der Waals surface area contributed by atoms with Gasteiger partial charge in [0.15, 0.2) is 12.6 Å². The highest BCUT2D eigenvalue weighted by Crippen LogP contribution is 2.42. The summed E-state index contributed by atoms with van der Waals surface area (Å²) in [5.41, 5.74) is 0.540. The number of pyridine rings is 1. The van der Waals surface area contributed by atoms with Gasteiger partial charge in [0, 0.05) is 25.0 Å². The number of nitrogens with zero attached hydrogens (tertiary/aromatic N) is 2. The van der Waals surface area contributed by atoms with E-state index in [2.05, 4.69) is 22.4 Å². The number of fused-ring (bicyclic) bond motifs is 3. The molecule has 1 atom stereocenters. The third-order valence-corrected chi connectivity index (χ3v) is 8.67. The van der Waals surface area contributed by atoms with E-state index in [-0.39, 0.29) is 18.0 Å². The molecule has 186 valence electrons. The zero-order chi connectivity index (χ0) is 24.3. The topological polar surface area (TPSA) is 68.3 Å². The summed E-state index contributed by atoms with van der Waals surface area (Å²) in [5.74, 6) is 0.774. The van der Waals surface area contributed by atoms with E-state index in [0.29, 0.717) is 34.3 Å². The molecule has 1 aromatic carbocycles. The minimum Gasteiger partial charge on any atom is -0.455 e. The fourth-order valence-corrected chi connectivity index (χ4v) is 6.58. The maximum absolute atomic E-state index is 13.9. The molecule has 0 radical (unpaired) electrons.